The van der Waals surface area contributed by atoms with Gasteiger partial charge in [0.05, 0.1) is 11.8 Å². The molecule has 1 aromatic carbocycles. The number of pyridine rings is 1. The van der Waals surface area contributed by atoms with E-state index in [9.17, 15) is 30.8 Å². The van der Waals surface area contributed by atoms with Crippen LogP contribution in [0.2, 0.25) is 10.0 Å². The first-order valence-corrected chi connectivity index (χ1v) is 11.1. The highest BCUT2D eigenvalue weighted by Crippen LogP contribution is 2.31. The van der Waals surface area contributed by atoms with E-state index in [0.29, 0.717) is 0 Å². The topological polar surface area (TPSA) is 97.8 Å². The number of hydrogen-bond acceptors (Lipinski definition) is 6. The number of ether oxygens (including phenoxy) is 2. The highest BCUT2D eigenvalue weighted by molar-refractivity contribution is 7.87. The summed E-state index contributed by atoms with van der Waals surface area (Å²) in [5.74, 6) is -2.73. The normalized spacial score (nSPS) is 13.0. The molecule has 182 valence electrons. The molecule has 0 aliphatic heterocycles. The van der Waals surface area contributed by atoms with Crippen molar-refractivity contribution in [2.24, 2.45) is 0 Å². The van der Waals surface area contributed by atoms with Crippen molar-refractivity contribution in [3.8, 4) is 11.6 Å². The van der Waals surface area contributed by atoms with Crippen LogP contribution in [0.5, 0.6) is 11.6 Å². The summed E-state index contributed by atoms with van der Waals surface area (Å²) in [5.41, 5.74) is -0.525. The van der Waals surface area contributed by atoms with E-state index in [1.807, 2.05) is 0 Å². The summed E-state index contributed by atoms with van der Waals surface area (Å²) in [6.45, 7) is 0.462. The van der Waals surface area contributed by atoms with Crippen LogP contribution >= 0.6 is 23.2 Å². The molecule has 1 aromatic heterocycles. The lowest BCUT2D eigenvalue weighted by atomic mass is 10.1. The van der Waals surface area contributed by atoms with Crippen LogP contribution in [0.15, 0.2) is 24.4 Å². The third kappa shape index (κ3) is 7.06. The second-order valence-electron chi connectivity index (χ2n) is 6.69. The van der Waals surface area contributed by atoms with Gasteiger partial charge in [-0.3, -0.25) is 4.79 Å². The predicted octanol–water partition coefficient (Wildman–Crippen LogP) is 3.97. The number of nitrogens with one attached hydrogen (secondary N) is 1. The zero-order chi connectivity index (χ0) is 25.1. The summed E-state index contributed by atoms with van der Waals surface area (Å²) in [7, 11) is -1.79. The van der Waals surface area contributed by atoms with Crippen molar-refractivity contribution in [2.45, 2.75) is 25.8 Å². The van der Waals surface area contributed by atoms with Crippen LogP contribution < -0.4 is 14.2 Å². The predicted molar refractivity (Wildman–Crippen MR) is 111 cm³/mol. The van der Waals surface area contributed by atoms with Crippen molar-refractivity contribution in [3.63, 3.8) is 0 Å². The molecule has 0 fully saturated rings. The van der Waals surface area contributed by atoms with E-state index in [4.69, 9.17) is 27.9 Å². The molecule has 0 aliphatic carbocycles. The molecule has 1 heterocycles. The lowest BCUT2D eigenvalue weighted by molar-refractivity contribution is -0.189. The summed E-state index contributed by atoms with van der Waals surface area (Å²) in [6.07, 6.45) is -5.71. The van der Waals surface area contributed by atoms with Gasteiger partial charge in [0.25, 0.3) is 5.91 Å². The molecule has 0 bridgehead atoms. The fourth-order valence-corrected chi connectivity index (χ4v) is 3.05. The Labute approximate surface area is 196 Å². The number of hydrogen-bond donors (Lipinski definition) is 1. The number of alkyl halides is 3. The molecule has 1 unspecified atom stereocenters. The zero-order valence-corrected chi connectivity index (χ0v) is 19.5. The highest BCUT2D eigenvalue weighted by atomic mass is 35.5. The van der Waals surface area contributed by atoms with Gasteiger partial charge in [-0.2, -0.15) is 25.9 Å². The molecule has 1 atom stereocenters. The first kappa shape index (κ1) is 26.9. The van der Waals surface area contributed by atoms with Crippen LogP contribution in [-0.4, -0.2) is 50.0 Å². The Kier molecular flexibility index (Phi) is 8.38. The Morgan fingerprint density at radius 2 is 1.85 bits per heavy atom. The largest absolute Gasteiger partial charge is 0.487 e. The van der Waals surface area contributed by atoms with E-state index >= 15 is 0 Å². The summed E-state index contributed by atoms with van der Waals surface area (Å²) in [4.78, 5) is 15.8. The minimum atomic E-state index is -4.61. The van der Waals surface area contributed by atoms with Crippen LogP contribution in [0, 0.1) is 5.82 Å². The van der Waals surface area contributed by atoms with Gasteiger partial charge in [0, 0.05) is 30.7 Å². The van der Waals surface area contributed by atoms with Crippen molar-refractivity contribution in [2.75, 3.05) is 14.1 Å². The summed E-state index contributed by atoms with van der Waals surface area (Å²) >= 11 is 11.9. The molecule has 15 heteroatoms. The minimum Gasteiger partial charge on any atom is -0.487 e. The van der Waals surface area contributed by atoms with Crippen LogP contribution in [0.25, 0.3) is 0 Å². The van der Waals surface area contributed by atoms with Gasteiger partial charge in [-0.25, -0.2) is 14.1 Å². The van der Waals surface area contributed by atoms with Gasteiger partial charge in [0.15, 0.2) is 6.10 Å². The number of benzene rings is 1. The molecule has 0 saturated heterocycles. The molecule has 1 N–H and O–H groups in total. The molecule has 1 amide bonds. The average Bonchev–Trinajstić information content (AvgIpc) is 2.68. The fraction of sp³-hybridized carbons (Fsp3) is 0.333. The van der Waals surface area contributed by atoms with Crippen LogP contribution in [-0.2, 0) is 16.8 Å². The number of amides is 1. The highest BCUT2D eigenvalue weighted by Gasteiger charge is 2.38. The van der Waals surface area contributed by atoms with E-state index in [1.54, 1.807) is 4.72 Å². The SMILES string of the molecule is CC(Oc1ncc(OCc2cc(F)c(C(=O)NS(=O)(=O)N(C)C)cc2Cl)cc1Cl)C(F)(F)F. The fourth-order valence-electron chi connectivity index (χ4n) is 2.10. The number of carbonyl (C=O) groups excluding carboxylic acids is 1. The number of halogens is 6. The molecule has 0 spiro atoms. The van der Waals surface area contributed by atoms with Crippen molar-refractivity contribution in [1.29, 1.82) is 0 Å². The second-order valence-corrected chi connectivity index (χ2v) is 9.39. The minimum absolute atomic E-state index is 0.0161. The molecule has 33 heavy (non-hydrogen) atoms. The van der Waals surface area contributed by atoms with Crippen molar-refractivity contribution in [1.82, 2.24) is 14.0 Å². The van der Waals surface area contributed by atoms with E-state index in [1.165, 1.54) is 14.1 Å². The molecule has 8 nitrogen and oxygen atoms in total. The number of carbonyl (C=O) groups is 1. The van der Waals surface area contributed by atoms with Crippen LogP contribution in [0.1, 0.15) is 22.8 Å². The van der Waals surface area contributed by atoms with Gasteiger partial charge in [0.1, 0.15) is 23.2 Å². The van der Waals surface area contributed by atoms with E-state index in [2.05, 4.69) is 9.72 Å². The van der Waals surface area contributed by atoms with Crippen LogP contribution in [0.4, 0.5) is 17.6 Å². The van der Waals surface area contributed by atoms with Gasteiger partial charge in [-0.1, -0.05) is 23.2 Å². The molecular formula is C18H17Cl2F4N3O5S. The molecular weight excluding hydrogens is 517 g/mol. The standard InChI is InChI=1S/C18H17Cl2F4N3O5S/c1-9(18(22,23)24)32-17-14(20)5-11(7-25-17)31-8-10-4-15(21)12(6-13(10)19)16(28)26-33(29,30)27(2)3/h4-7,9H,8H2,1-3H3,(H,26,28). The summed E-state index contributed by atoms with van der Waals surface area (Å²) in [6, 6.07) is 2.94. The van der Waals surface area contributed by atoms with Crippen LogP contribution in [0.3, 0.4) is 0 Å². The second kappa shape index (κ2) is 10.3. The zero-order valence-electron chi connectivity index (χ0n) is 17.2. The monoisotopic (exact) mass is 533 g/mol. The van der Waals surface area contributed by atoms with E-state index in [-0.39, 0.29) is 28.0 Å². The molecule has 2 rings (SSSR count). The third-order valence-corrected chi connectivity index (χ3v) is 6.04. The Morgan fingerprint density at radius 1 is 1.21 bits per heavy atom. The lowest BCUT2D eigenvalue weighted by Gasteiger charge is -2.18. The first-order valence-electron chi connectivity index (χ1n) is 8.86. The smallest absolute Gasteiger partial charge is 0.425 e. The van der Waals surface area contributed by atoms with E-state index in [0.717, 1.165) is 35.6 Å². The van der Waals surface area contributed by atoms with E-state index < -0.39 is 45.7 Å². The maximum atomic E-state index is 14.4. The van der Waals surface area contributed by atoms with Gasteiger partial charge >= 0.3 is 16.4 Å². The molecule has 0 saturated carbocycles. The molecule has 0 radical (unpaired) electrons. The Hall–Kier alpha value is -2.35. The maximum Gasteiger partial charge on any atom is 0.425 e. The number of nitrogens with zero attached hydrogens (tertiary/aromatic N) is 2. The number of rotatable bonds is 8. The Bertz CT molecular complexity index is 1150. The summed E-state index contributed by atoms with van der Waals surface area (Å²) < 4.78 is 88.1. The van der Waals surface area contributed by atoms with Crippen molar-refractivity contribution >= 4 is 39.3 Å². The molecule has 0 aliphatic rings. The third-order valence-electron chi connectivity index (χ3n) is 4.01. The summed E-state index contributed by atoms with van der Waals surface area (Å²) in [5, 5.41) is -0.364. The first-order chi connectivity index (χ1) is 15.1. The van der Waals surface area contributed by atoms with Gasteiger partial charge < -0.3 is 9.47 Å². The average molecular weight is 534 g/mol. The number of aromatic nitrogens is 1. The Balaban J connectivity index is 2.12. The van der Waals surface area contributed by atoms with Crippen molar-refractivity contribution < 1.29 is 40.2 Å². The maximum absolute atomic E-state index is 14.4. The lowest BCUT2D eigenvalue weighted by Crippen LogP contribution is -2.39. The van der Waals surface area contributed by atoms with Crippen molar-refractivity contribution in [3.05, 3.63) is 51.4 Å². The Morgan fingerprint density at radius 3 is 2.39 bits per heavy atom. The molecule has 2 aromatic rings. The van der Waals surface area contributed by atoms with Gasteiger partial charge in [-0.15, -0.1) is 0 Å². The van der Waals surface area contributed by atoms with Gasteiger partial charge in [0.2, 0.25) is 5.88 Å². The van der Waals surface area contributed by atoms with Gasteiger partial charge in [-0.05, 0) is 19.1 Å². The quantitative estimate of drug-likeness (QED) is 0.515.